The van der Waals surface area contributed by atoms with Gasteiger partial charge in [0.15, 0.2) is 5.96 Å². The molecule has 0 aliphatic carbocycles. The third kappa shape index (κ3) is 6.25. The Morgan fingerprint density at radius 1 is 1.35 bits per heavy atom. The third-order valence-electron chi connectivity index (χ3n) is 2.90. The Bertz CT molecular complexity index is 623. The van der Waals surface area contributed by atoms with E-state index in [2.05, 4.69) is 27.4 Å². The first-order valence-electron chi connectivity index (χ1n) is 7.51. The minimum absolute atomic E-state index is 0.448. The van der Waals surface area contributed by atoms with Gasteiger partial charge in [0.05, 0.1) is 13.1 Å². The van der Waals surface area contributed by atoms with Gasteiger partial charge >= 0.3 is 0 Å². The molecule has 0 amide bonds. The monoisotopic (exact) mass is 314 g/mol. The molecule has 0 spiro atoms. The first-order valence-corrected chi connectivity index (χ1v) is 7.51. The molecule has 0 saturated heterocycles. The number of ether oxygens (including phenoxy) is 1. The molecule has 2 rings (SSSR count). The normalized spacial score (nSPS) is 11.1. The maximum atomic E-state index is 5.63. The quantitative estimate of drug-likeness (QED) is 0.338. The minimum atomic E-state index is 0.448. The predicted octanol–water partition coefficient (Wildman–Crippen LogP) is 2.28. The average molecular weight is 314 g/mol. The van der Waals surface area contributed by atoms with E-state index in [9.17, 15) is 0 Å². The number of para-hydroxylation sites is 1. The SMILES string of the molecule is C=CCNC(=NCc1cc(C)on1)NCCOc1ccccc1. The van der Waals surface area contributed by atoms with Crippen LogP contribution in [0, 0.1) is 6.92 Å². The van der Waals surface area contributed by atoms with Gasteiger partial charge in [-0.05, 0) is 19.1 Å². The van der Waals surface area contributed by atoms with Crippen molar-refractivity contribution in [1.82, 2.24) is 15.8 Å². The molecule has 6 nitrogen and oxygen atoms in total. The highest BCUT2D eigenvalue weighted by Crippen LogP contribution is 2.07. The van der Waals surface area contributed by atoms with Gasteiger partial charge < -0.3 is 19.9 Å². The first kappa shape index (κ1) is 16.6. The number of nitrogens with zero attached hydrogens (tertiary/aromatic N) is 2. The minimum Gasteiger partial charge on any atom is -0.492 e. The zero-order valence-electron chi connectivity index (χ0n) is 13.3. The highest BCUT2D eigenvalue weighted by Gasteiger charge is 2.01. The van der Waals surface area contributed by atoms with E-state index in [4.69, 9.17) is 9.26 Å². The summed E-state index contributed by atoms with van der Waals surface area (Å²) in [7, 11) is 0. The molecule has 0 aliphatic heterocycles. The van der Waals surface area contributed by atoms with E-state index in [1.54, 1.807) is 6.08 Å². The van der Waals surface area contributed by atoms with Gasteiger partial charge in [-0.15, -0.1) is 6.58 Å². The van der Waals surface area contributed by atoms with Crippen molar-refractivity contribution in [2.75, 3.05) is 19.7 Å². The highest BCUT2D eigenvalue weighted by molar-refractivity contribution is 5.79. The summed E-state index contributed by atoms with van der Waals surface area (Å²) in [6, 6.07) is 11.6. The second-order valence-corrected chi connectivity index (χ2v) is 4.85. The lowest BCUT2D eigenvalue weighted by atomic mass is 10.3. The van der Waals surface area contributed by atoms with Gasteiger partial charge in [-0.3, -0.25) is 0 Å². The van der Waals surface area contributed by atoms with E-state index in [1.807, 2.05) is 43.3 Å². The fraction of sp³-hybridized carbons (Fsp3) is 0.294. The number of aryl methyl sites for hydroxylation is 1. The topological polar surface area (TPSA) is 71.7 Å². The van der Waals surface area contributed by atoms with Crippen LogP contribution in [0.15, 0.2) is 58.6 Å². The van der Waals surface area contributed by atoms with Crippen molar-refractivity contribution in [2.45, 2.75) is 13.5 Å². The Labute approximate surface area is 136 Å². The maximum Gasteiger partial charge on any atom is 0.192 e. The number of hydrogen-bond donors (Lipinski definition) is 2. The van der Waals surface area contributed by atoms with Crippen molar-refractivity contribution in [3.8, 4) is 5.75 Å². The molecule has 1 aromatic heterocycles. The molecule has 0 aliphatic rings. The number of aliphatic imine (C=N–C) groups is 1. The molecule has 1 aromatic carbocycles. The maximum absolute atomic E-state index is 5.63. The molecule has 1 heterocycles. The molecular formula is C17H22N4O2. The second kappa shape index (κ2) is 9.30. The van der Waals surface area contributed by atoms with E-state index in [1.165, 1.54) is 0 Å². The predicted molar refractivity (Wildman–Crippen MR) is 90.5 cm³/mol. The Kier molecular flexibility index (Phi) is 6.71. The van der Waals surface area contributed by atoms with E-state index in [-0.39, 0.29) is 0 Å². The van der Waals surface area contributed by atoms with E-state index < -0.39 is 0 Å². The summed E-state index contributed by atoms with van der Waals surface area (Å²) in [4.78, 5) is 4.46. The van der Waals surface area contributed by atoms with Crippen LogP contribution in [0.3, 0.4) is 0 Å². The van der Waals surface area contributed by atoms with Gasteiger partial charge in [-0.1, -0.05) is 29.4 Å². The summed E-state index contributed by atoms with van der Waals surface area (Å²) in [6.07, 6.45) is 1.78. The fourth-order valence-electron chi connectivity index (χ4n) is 1.85. The van der Waals surface area contributed by atoms with Crippen molar-refractivity contribution in [1.29, 1.82) is 0 Å². The van der Waals surface area contributed by atoms with Crippen LogP contribution >= 0.6 is 0 Å². The standard InChI is InChI=1S/C17H22N4O2/c1-3-9-18-17(20-13-15-12-14(2)23-21-15)19-10-11-22-16-7-5-4-6-8-16/h3-8,12H,1,9-11,13H2,2H3,(H2,18,19,20). The average Bonchev–Trinajstić information content (AvgIpc) is 2.99. The van der Waals surface area contributed by atoms with Gasteiger partial charge in [0.25, 0.3) is 0 Å². The van der Waals surface area contributed by atoms with E-state index >= 15 is 0 Å². The van der Waals surface area contributed by atoms with Crippen LogP contribution in [-0.2, 0) is 6.54 Å². The fourth-order valence-corrected chi connectivity index (χ4v) is 1.85. The van der Waals surface area contributed by atoms with Crippen molar-refractivity contribution in [2.24, 2.45) is 4.99 Å². The Hall–Kier alpha value is -2.76. The van der Waals surface area contributed by atoms with E-state index in [0.29, 0.717) is 32.2 Å². The Balaban J connectivity index is 1.79. The largest absolute Gasteiger partial charge is 0.492 e. The summed E-state index contributed by atoms with van der Waals surface area (Å²) in [5, 5.41) is 10.3. The van der Waals surface area contributed by atoms with Gasteiger partial charge in [-0.25, -0.2) is 4.99 Å². The molecule has 0 saturated carbocycles. The summed E-state index contributed by atoms with van der Waals surface area (Å²) < 4.78 is 10.7. The lowest BCUT2D eigenvalue weighted by molar-refractivity contribution is 0.322. The number of nitrogens with one attached hydrogen (secondary N) is 2. The number of aromatic nitrogens is 1. The third-order valence-corrected chi connectivity index (χ3v) is 2.90. The van der Waals surface area contributed by atoms with Crippen LogP contribution in [0.25, 0.3) is 0 Å². The van der Waals surface area contributed by atoms with Crippen LogP contribution in [0.5, 0.6) is 5.75 Å². The second-order valence-electron chi connectivity index (χ2n) is 4.85. The molecular weight excluding hydrogens is 292 g/mol. The van der Waals surface area contributed by atoms with Crippen LogP contribution in [0.1, 0.15) is 11.5 Å². The molecule has 2 N–H and O–H groups in total. The molecule has 0 fully saturated rings. The van der Waals surface area contributed by atoms with Crippen LogP contribution in [0.4, 0.5) is 0 Å². The zero-order valence-corrected chi connectivity index (χ0v) is 13.3. The molecule has 122 valence electrons. The molecule has 0 radical (unpaired) electrons. The summed E-state index contributed by atoms with van der Waals surface area (Å²) in [5.74, 6) is 2.31. The first-order chi connectivity index (χ1) is 11.3. The lowest BCUT2D eigenvalue weighted by Gasteiger charge is -2.11. The molecule has 0 bridgehead atoms. The number of hydrogen-bond acceptors (Lipinski definition) is 4. The summed E-state index contributed by atoms with van der Waals surface area (Å²) >= 11 is 0. The Morgan fingerprint density at radius 2 is 2.17 bits per heavy atom. The molecule has 23 heavy (non-hydrogen) atoms. The number of guanidine groups is 1. The van der Waals surface area contributed by atoms with Gasteiger partial charge in [0.1, 0.15) is 23.8 Å². The van der Waals surface area contributed by atoms with Gasteiger partial charge in [0.2, 0.25) is 0 Å². The molecule has 0 unspecified atom stereocenters. The molecule has 6 heteroatoms. The van der Waals surface area contributed by atoms with Crippen LogP contribution in [0.2, 0.25) is 0 Å². The smallest absolute Gasteiger partial charge is 0.192 e. The van der Waals surface area contributed by atoms with Crippen molar-refractivity contribution in [3.05, 3.63) is 60.5 Å². The van der Waals surface area contributed by atoms with Gasteiger partial charge in [0, 0.05) is 12.6 Å². The lowest BCUT2D eigenvalue weighted by Crippen LogP contribution is -2.39. The number of rotatable bonds is 8. The highest BCUT2D eigenvalue weighted by atomic mass is 16.5. The van der Waals surface area contributed by atoms with Gasteiger partial charge in [-0.2, -0.15) is 0 Å². The number of benzene rings is 1. The zero-order chi connectivity index (χ0) is 16.3. The molecule has 0 atom stereocenters. The molecule has 2 aromatic rings. The summed E-state index contributed by atoms with van der Waals surface area (Å²) in [6.45, 7) is 7.80. The van der Waals surface area contributed by atoms with Crippen molar-refractivity contribution >= 4 is 5.96 Å². The Morgan fingerprint density at radius 3 is 2.87 bits per heavy atom. The summed E-state index contributed by atoms with van der Waals surface area (Å²) in [5.41, 5.74) is 0.794. The van der Waals surface area contributed by atoms with E-state index in [0.717, 1.165) is 17.2 Å². The van der Waals surface area contributed by atoms with Crippen molar-refractivity contribution < 1.29 is 9.26 Å². The van der Waals surface area contributed by atoms with Crippen LogP contribution in [-0.4, -0.2) is 30.8 Å². The van der Waals surface area contributed by atoms with Crippen LogP contribution < -0.4 is 15.4 Å². The van der Waals surface area contributed by atoms with Crippen molar-refractivity contribution in [3.63, 3.8) is 0 Å².